The maximum Gasteiger partial charge on any atom is 0.142 e. The first kappa shape index (κ1) is 7.80. The summed E-state index contributed by atoms with van der Waals surface area (Å²) < 4.78 is 5.22. The average molecular weight is 172 g/mol. The molecule has 0 spiro atoms. The summed E-state index contributed by atoms with van der Waals surface area (Å²) in [5.74, 6) is 0. The molecule has 2 nitrogen and oxygen atoms in total. The van der Waals surface area contributed by atoms with Crippen LogP contribution in [0.15, 0.2) is 41.0 Å². The topological polar surface area (TPSA) is 30.2 Å². The van der Waals surface area contributed by atoms with E-state index in [0.717, 1.165) is 22.8 Å². The van der Waals surface area contributed by atoms with Crippen molar-refractivity contribution in [1.29, 1.82) is 0 Å². The van der Waals surface area contributed by atoms with Gasteiger partial charge < -0.3 is 4.42 Å². The molecular weight excluding hydrogens is 164 g/mol. The molecule has 0 bridgehead atoms. The van der Waals surface area contributed by atoms with Gasteiger partial charge in [0.25, 0.3) is 0 Å². The Hall–Kier alpha value is -1.83. The van der Waals surface area contributed by atoms with Crippen LogP contribution in [0.3, 0.4) is 0 Å². The van der Waals surface area contributed by atoms with Crippen molar-refractivity contribution in [1.82, 2.24) is 0 Å². The molecule has 0 aliphatic rings. The third-order valence-corrected chi connectivity index (χ3v) is 1.88. The van der Waals surface area contributed by atoms with Crippen LogP contribution in [0.4, 0.5) is 0 Å². The molecule has 1 aromatic carbocycles. The Morgan fingerprint density at radius 3 is 3.00 bits per heavy atom. The third-order valence-electron chi connectivity index (χ3n) is 1.88. The lowest BCUT2D eigenvalue weighted by atomic mass is 10.1. The zero-order chi connectivity index (χ0) is 9.10. The van der Waals surface area contributed by atoms with Crippen LogP contribution in [0, 0.1) is 0 Å². The molecule has 0 saturated carbocycles. The van der Waals surface area contributed by atoms with Gasteiger partial charge in [0.15, 0.2) is 0 Å². The second kappa shape index (κ2) is 3.27. The predicted molar refractivity (Wildman–Crippen MR) is 51.3 cm³/mol. The van der Waals surface area contributed by atoms with E-state index in [1.807, 2.05) is 24.3 Å². The van der Waals surface area contributed by atoms with E-state index in [2.05, 4.69) is 0 Å². The molecule has 0 amide bonds. The molecule has 0 unspecified atom stereocenters. The van der Waals surface area contributed by atoms with Crippen LogP contribution in [0.5, 0.6) is 0 Å². The lowest BCUT2D eigenvalue weighted by Crippen LogP contribution is -1.72. The Bertz CT molecular complexity index is 452. The standard InChI is InChI=1S/C11H8O2/c12-7-2-4-9-3-1-5-11-10(9)6-8-13-11/h1-8H/b4-2+. The molecular formula is C11H8O2. The minimum atomic E-state index is 0.763. The Morgan fingerprint density at radius 2 is 2.15 bits per heavy atom. The summed E-state index contributed by atoms with van der Waals surface area (Å²) in [4.78, 5) is 10.1. The van der Waals surface area contributed by atoms with Gasteiger partial charge in [-0.3, -0.25) is 4.79 Å². The Labute approximate surface area is 75.5 Å². The van der Waals surface area contributed by atoms with Gasteiger partial charge in [0.2, 0.25) is 0 Å². The minimum Gasteiger partial charge on any atom is -0.464 e. The summed E-state index contributed by atoms with van der Waals surface area (Å²) in [6.07, 6.45) is 5.65. The van der Waals surface area contributed by atoms with E-state index in [-0.39, 0.29) is 0 Å². The average Bonchev–Trinajstić information content (AvgIpc) is 2.62. The van der Waals surface area contributed by atoms with Gasteiger partial charge in [0.1, 0.15) is 11.9 Å². The molecule has 0 aliphatic carbocycles. The molecule has 1 aromatic heterocycles. The van der Waals surface area contributed by atoms with Crippen molar-refractivity contribution in [2.75, 3.05) is 0 Å². The van der Waals surface area contributed by atoms with Crippen molar-refractivity contribution in [2.24, 2.45) is 0 Å². The molecule has 0 atom stereocenters. The summed E-state index contributed by atoms with van der Waals surface area (Å²) in [5, 5.41) is 1.03. The Morgan fingerprint density at radius 1 is 1.23 bits per heavy atom. The summed E-state index contributed by atoms with van der Waals surface area (Å²) in [7, 11) is 0. The normalized spacial score (nSPS) is 11.1. The van der Waals surface area contributed by atoms with Crippen molar-refractivity contribution in [3.63, 3.8) is 0 Å². The first-order valence-corrected chi connectivity index (χ1v) is 4.00. The largest absolute Gasteiger partial charge is 0.464 e. The molecule has 0 saturated heterocycles. The monoisotopic (exact) mass is 172 g/mol. The van der Waals surface area contributed by atoms with Crippen LogP contribution in [-0.4, -0.2) is 6.29 Å². The van der Waals surface area contributed by atoms with Gasteiger partial charge in [-0.15, -0.1) is 0 Å². The summed E-state index contributed by atoms with van der Waals surface area (Å²) in [5.41, 5.74) is 1.84. The van der Waals surface area contributed by atoms with Gasteiger partial charge in [-0.05, 0) is 23.8 Å². The third kappa shape index (κ3) is 1.38. The van der Waals surface area contributed by atoms with Gasteiger partial charge in [-0.2, -0.15) is 0 Å². The Balaban J connectivity index is 2.60. The van der Waals surface area contributed by atoms with Crippen LogP contribution < -0.4 is 0 Å². The highest BCUT2D eigenvalue weighted by Crippen LogP contribution is 2.20. The number of carbonyl (C=O) groups is 1. The van der Waals surface area contributed by atoms with Crippen molar-refractivity contribution < 1.29 is 9.21 Å². The lowest BCUT2D eigenvalue weighted by Gasteiger charge is -1.93. The number of allylic oxidation sites excluding steroid dienone is 1. The quantitative estimate of drug-likeness (QED) is 0.515. The maximum absolute atomic E-state index is 10.1. The summed E-state index contributed by atoms with van der Waals surface area (Å²) >= 11 is 0. The van der Waals surface area contributed by atoms with E-state index < -0.39 is 0 Å². The zero-order valence-electron chi connectivity index (χ0n) is 6.94. The van der Waals surface area contributed by atoms with Crippen molar-refractivity contribution in [2.45, 2.75) is 0 Å². The molecule has 2 aromatic rings. The fourth-order valence-electron chi connectivity index (χ4n) is 1.31. The van der Waals surface area contributed by atoms with Gasteiger partial charge in [-0.1, -0.05) is 18.2 Å². The summed E-state index contributed by atoms with van der Waals surface area (Å²) in [6, 6.07) is 7.63. The van der Waals surface area contributed by atoms with Gasteiger partial charge in [0, 0.05) is 5.39 Å². The number of hydrogen-bond acceptors (Lipinski definition) is 2. The first-order valence-electron chi connectivity index (χ1n) is 4.00. The fraction of sp³-hybridized carbons (Fsp3) is 0. The highest BCUT2D eigenvalue weighted by atomic mass is 16.3. The van der Waals surface area contributed by atoms with Crippen molar-refractivity contribution in [3.05, 3.63) is 42.2 Å². The van der Waals surface area contributed by atoms with Crippen LogP contribution >= 0.6 is 0 Å². The molecule has 1 heterocycles. The molecule has 64 valence electrons. The van der Waals surface area contributed by atoms with E-state index in [9.17, 15) is 4.79 Å². The second-order valence-electron chi connectivity index (χ2n) is 2.67. The number of carbonyl (C=O) groups excluding carboxylic acids is 1. The minimum absolute atomic E-state index is 0.763. The number of aldehydes is 1. The number of fused-ring (bicyclic) bond motifs is 1. The molecule has 13 heavy (non-hydrogen) atoms. The smallest absolute Gasteiger partial charge is 0.142 e. The highest BCUT2D eigenvalue weighted by molar-refractivity contribution is 5.89. The zero-order valence-corrected chi connectivity index (χ0v) is 6.94. The van der Waals surface area contributed by atoms with Gasteiger partial charge in [-0.25, -0.2) is 0 Å². The van der Waals surface area contributed by atoms with E-state index in [4.69, 9.17) is 4.42 Å². The lowest BCUT2D eigenvalue weighted by molar-refractivity contribution is -0.104. The first-order chi connectivity index (χ1) is 6.42. The van der Waals surface area contributed by atoms with Crippen LogP contribution in [-0.2, 0) is 4.79 Å². The van der Waals surface area contributed by atoms with Crippen molar-refractivity contribution >= 4 is 23.3 Å². The van der Waals surface area contributed by atoms with E-state index >= 15 is 0 Å². The molecule has 2 rings (SSSR count). The van der Waals surface area contributed by atoms with E-state index in [0.29, 0.717) is 0 Å². The molecule has 0 aliphatic heterocycles. The van der Waals surface area contributed by atoms with Crippen LogP contribution in [0.25, 0.3) is 17.0 Å². The fourth-order valence-corrected chi connectivity index (χ4v) is 1.31. The van der Waals surface area contributed by atoms with Crippen LogP contribution in [0.2, 0.25) is 0 Å². The molecule has 2 heteroatoms. The molecule has 0 radical (unpaired) electrons. The van der Waals surface area contributed by atoms with Gasteiger partial charge >= 0.3 is 0 Å². The van der Waals surface area contributed by atoms with Gasteiger partial charge in [0.05, 0.1) is 6.26 Å². The Kier molecular flexibility index (Phi) is 1.96. The maximum atomic E-state index is 10.1. The molecule has 0 N–H and O–H groups in total. The number of hydrogen-bond donors (Lipinski definition) is 0. The summed E-state index contributed by atoms with van der Waals surface area (Å²) in [6.45, 7) is 0. The molecule has 0 fully saturated rings. The SMILES string of the molecule is O=C/C=C/c1cccc2occc12. The highest BCUT2D eigenvalue weighted by Gasteiger charge is 1.98. The number of furan rings is 1. The van der Waals surface area contributed by atoms with Crippen LogP contribution in [0.1, 0.15) is 5.56 Å². The number of benzene rings is 1. The number of rotatable bonds is 2. The van der Waals surface area contributed by atoms with E-state index in [1.54, 1.807) is 12.3 Å². The van der Waals surface area contributed by atoms with Crippen molar-refractivity contribution in [3.8, 4) is 0 Å². The van der Waals surface area contributed by atoms with E-state index in [1.165, 1.54) is 6.08 Å². The predicted octanol–water partition coefficient (Wildman–Crippen LogP) is 2.64. The second-order valence-corrected chi connectivity index (χ2v) is 2.67.